The van der Waals surface area contributed by atoms with Crippen molar-refractivity contribution in [1.82, 2.24) is 10.3 Å². The van der Waals surface area contributed by atoms with Crippen LogP contribution in [0, 0.1) is 6.92 Å². The van der Waals surface area contributed by atoms with E-state index >= 15 is 0 Å². The fourth-order valence-electron chi connectivity index (χ4n) is 1.97. The quantitative estimate of drug-likeness (QED) is 0.744. The maximum atomic E-state index is 12.1. The minimum Gasteiger partial charge on any atom is -0.446 e. The smallest absolute Gasteiger partial charge is 0.349 e. The molecule has 0 unspecified atom stereocenters. The van der Waals surface area contributed by atoms with Gasteiger partial charge in [-0.25, -0.2) is 9.78 Å². The first-order valence-electron chi connectivity index (χ1n) is 6.35. The molecular weight excluding hydrogens is 272 g/mol. The maximum absolute atomic E-state index is 12.1. The molecule has 3 rings (SSSR count). The number of hydrogen-bond acceptors (Lipinski definition) is 5. The van der Waals surface area contributed by atoms with Crippen LogP contribution in [0.3, 0.4) is 0 Å². The fourth-order valence-corrected chi connectivity index (χ4v) is 1.97. The molecule has 0 atom stereocenters. The van der Waals surface area contributed by atoms with Gasteiger partial charge < -0.3 is 14.2 Å². The zero-order chi connectivity index (χ0) is 14.8. The average molecular weight is 284 g/mol. The summed E-state index contributed by atoms with van der Waals surface area (Å²) in [6.45, 7) is 1.94. The summed E-state index contributed by atoms with van der Waals surface area (Å²) < 4.78 is 10.2. The Kier molecular flexibility index (Phi) is 3.27. The molecule has 0 aliphatic heterocycles. The second-order valence-electron chi connectivity index (χ2n) is 4.53. The van der Waals surface area contributed by atoms with Gasteiger partial charge in [0.2, 0.25) is 0 Å². The van der Waals surface area contributed by atoms with Crippen LogP contribution < -0.4 is 10.9 Å². The fraction of sp³-hybridized carbons (Fsp3) is 0.133. The minimum atomic E-state index is -0.666. The summed E-state index contributed by atoms with van der Waals surface area (Å²) in [7, 11) is 0. The third kappa shape index (κ3) is 2.55. The summed E-state index contributed by atoms with van der Waals surface area (Å²) in [5.74, 6) is 0.0406. The standard InChI is InChI=1S/C15H12N2O4/c1-9-13(20-8-17-9)7-16-14(18)11-6-10-4-2-3-5-12(10)21-15(11)19/h2-6,8H,7H2,1H3,(H,16,18). The molecular formula is C15H12N2O4. The number of amides is 1. The molecule has 0 aliphatic rings. The Labute approximate surface area is 119 Å². The van der Waals surface area contributed by atoms with E-state index in [9.17, 15) is 9.59 Å². The predicted octanol–water partition coefficient (Wildman–Crippen LogP) is 2.02. The van der Waals surface area contributed by atoms with Gasteiger partial charge in [-0.05, 0) is 19.1 Å². The number of carbonyl (C=O) groups excluding carboxylic acids is 1. The van der Waals surface area contributed by atoms with E-state index in [2.05, 4.69) is 10.3 Å². The van der Waals surface area contributed by atoms with Crippen LogP contribution in [-0.4, -0.2) is 10.9 Å². The molecule has 2 aromatic heterocycles. The lowest BCUT2D eigenvalue weighted by molar-refractivity contribution is 0.0944. The Morgan fingerprint density at radius 3 is 2.90 bits per heavy atom. The van der Waals surface area contributed by atoms with Crippen molar-refractivity contribution in [2.75, 3.05) is 0 Å². The molecule has 0 spiro atoms. The highest BCUT2D eigenvalue weighted by Crippen LogP contribution is 2.12. The number of aryl methyl sites for hydroxylation is 1. The van der Waals surface area contributed by atoms with Crippen molar-refractivity contribution in [2.45, 2.75) is 13.5 Å². The third-order valence-electron chi connectivity index (χ3n) is 3.14. The Balaban J connectivity index is 1.86. The van der Waals surface area contributed by atoms with E-state index in [0.29, 0.717) is 22.4 Å². The third-order valence-corrected chi connectivity index (χ3v) is 3.14. The Morgan fingerprint density at radius 1 is 1.33 bits per heavy atom. The van der Waals surface area contributed by atoms with E-state index in [0.717, 1.165) is 0 Å². The first kappa shape index (κ1) is 13.1. The van der Waals surface area contributed by atoms with Crippen LogP contribution in [0.4, 0.5) is 0 Å². The molecule has 0 fully saturated rings. The highest BCUT2D eigenvalue weighted by atomic mass is 16.4. The van der Waals surface area contributed by atoms with Crippen molar-refractivity contribution < 1.29 is 13.6 Å². The number of para-hydroxylation sites is 1. The zero-order valence-electron chi connectivity index (χ0n) is 11.3. The monoisotopic (exact) mass is 284 g/mol. The van der Waals surface area contributed by atoms with Gasteiger partial charge in [-0.15, -0.1) is 0 Å². The SMILES string of the molecule is Cc1ncoc1CNC(=O)c1cc2ccccc2oc1=O. The largest absolute Gasteiger partial charge is 0.446 e. The second-order valence-corrected chi connectivity index (χ2v) is 4.53. The topological polar surface area (TPSA) is 85.3 Å². The van der Waals surface area contributed by atoms with E-state index in [-0.39, 0.29) is 12.1 Å². The molecule has 106 valence electrons. The molecule has 1 N–H and O–H groups in total. The Morgan fingerprint density at radius 2 is 2.14 bits per heavy atom. The molecule has 6 nitrogen and oxygen atoms in total. The normalized spacial score (nSPS) is 10.7. The highest BCUT2D eigenvalue weighted by Gasteiger charge is 2.14. The summed E-state index contributed by atoms with van der Waals surface area (Å²) in [6.07, 6.45) is 1.31. The summed E-state index contributed by atoms with van der Waals surface area (Å²) in [5, 5.41) is 3.31. The summed E-state index contributed by atoms with van der Waals surface area (Å²) in [4.78, 5) is 27.8. The number of carbonyl (C=O) groups is 1. The zero-order valence-corrected chi connectivity index (χ0v) is 11.3. The van der Waals surface area contributed by atoms with Gasteiger partial charge in [-0.1, -0.05) is 18.2 Å². The summed E-state index contributed by atoms with van der Waals surface area (Å²) in [5.41, 5.74) is 0.442. The molecule has 2 heterocycles. The summed E-state index contributed by atoms with van der Waals surface area (Å²) >= 11 is 0. The van der Waals surface area contributed by atoms with Gasteiger partial charge in [-0.3, -0.25) is 4.79 Å². The highest BCUT2D eigenvalue weighted by molar-refractivity contribution is 5.96. The van der Waals surface area contributed by atoms with Crippen molar-refractivity contribution in [3.05, 3.63) is 64.2 Å². The lowest BCUT2D eigenvalue weighted by Gasteiger charge is -2.04. The van der Waals surface area contributed by atoms with Crippen molar-refractivity contribution in [3.63, 3.8) is 0 Å². The van der Waals surface area contributed by atoms with E-state index in [1.165, 1.54) is 12.5 Å². The van der Waals surface area contributed by atoms with E-state index in [4.69, 9.17) is 8.83 Å². The molecule has 0 radical (unpaired) electrons. The number of nitrogens with one attached hydrogen (secondary N) is 1. The second kappa shape index (κ2) is 5.24. The lowest BCUT2D eigenvalue weighted by atomic mass is 10.2. The molecule has 0 aliphatic carbocycles. The lowest BCUT2D eigenvalue weighted by Crippen LogP contribution is -2.27. The van der Waals surface area contributed by atoms with Crippen molar-refractivity contribution in [2.24, 2.45) is 0 Å². The Hall–Kier alpha value is -2.89. The number of nitrogens with zero attached hydrogens (tertiary/aromatic N) is 1. The average Bonchev–Trinajstić information content (AvgIpc) is 2.89. The molecule has 0 saturated heterocycles. The maximum Gasteiger partial charge on any atom is 0.349 e. The van der Waals surface area contributed by atoms with Crippen LogP contribution in [0.1, 0.15) is 21.8 Å². The van der Waals surface area contributed by atoms with Crippen LogP contribution >= 0.6 is 0 Å². The number of fused-ring (bicyclic) bond motifs is 1. The first-order chi connectivity index (χ1) is 10.1. The van der Waals surface area contributed by atoms with Crippen molar-refractivity contribution in [3.8, 4) is 0 Å². The van der Waals surface area contributed by atoms with Crippen LogP contribution in [-0.2, 0) is 6.54 Å². The molecule has 1 aromatic carbocycles. The molecule has 6 heteroatoms. The van der Waals surface area contributed by atoms with Crippen LogP contribution in [0.5, 0.6) is 0 Å². The summed E-state index contributed by atoms with van der Waals surface area (Å²) in [6, 6.07) is 8.54. The number of aromatic nitrogens is 1. The predicted molar refractivity (Wildman–Crippen MR) is 74.9 cm³/mol. The Bertz CT molecular complexity index is 863. The van der Waals surface area contributed by atoms with Crippen molar-refractivity contribution in [1.29, 1.82) is 0 Å². The first-order valence-corrected chi connectivity index (χ1v) is 6.35. The van der Waals surface area contributed by atoms with Gasteiger partial charge in [0.05, 0.1) is 12.2 Å². The minimum absolute atomic E-state index is 0.0362. The molecule has 0 bridgehead atoms. The van der Waals surface area contributed by atoms with Gasteiger partial charge in [-0.2, -0.15) is 0 Å². The van der Waals surface area contributed by atoms with E-state index in [1.807, 2.05) is 6.07 Å². The molecule has 3 aromatic rings. The van der Waals surface area contributed by atoms with Gasteiger partial charge in [0, 0.05) is 5.39 Å². The van der Waals surface area contributed by atoms with E-state index in [1.54, 1.807) is 25.1 Å². The van der Waals surface area contributed by atoms with Crippen LogP contribution in [0.15, 0.2) is 50.4 Å². The molecule has 1 amide bonds. The van der Waals surface area contributed by atoms with Crippen LogP contribution in [0.2, 0.25) is 0 Å². The van der Waals surface area contributed by atoms with E-state index < -0.39 is 11.5 Å². The number of hydrogen-bond donors (Lipinski definition) is 1. The van der Waals surface area contributed by atoms with Gasteiger partial charge in [0.15, 0.2) is 6.39 Å². The van der Waals surface area contributed by atoms with Crippen LogP contribution in [0.25, 0.3) is 11.0 Å². The number of oxazole rings is 1. The molecule has 21 heavy (non-hydrogen) atoms. The number of rotatable bonds is 3. The van der Waals surface area contributed by atoms with Gasteiger partial charge in [0.1, 0.15) is 16.9 Å². The van der Waals surface area contributed by atoms with Crippen molar-refractivity contribution >= 4 is 16.9 Å². The number of benzene rings is 1. The molecule has 0 saturated carbocycles. The van der Waals surface area contributed by atoms with Gasteiger partial charge >= 0.3 is 5.63 Å². The van der Waals surface area contributed by atoms with Gasteiger partial charge in [0.25, 0.3) is 5.91 Å².